The number of rotatable bonds is 9. The van der Waals surface area contributed by atoms with Crippen molar-refractivity contribution in [2.45, 2.75) is 38.5 Å². The van der Waals surface area contributed by atoms with Crippen molar-refractivity contribution < 1.29 is 9.21 Å². The van der Waals surface area contributed by atoms with Gasteiger partial charge in [-0.2, -0.15) is 0 Å². The first kappa shape index (κ1) is 14.1. The summed E-state index contributed by atoms with van der Waals surface area (Å²) < 4.78 is 5.16. The van der Waals surface area contributed by atoms with Crippen LogP contribution in [-0.2, 0) is 11.2 Å². The summed E-state index contributed by atoms with van der Waals surface area (Å²) in [6.45, 7) is 0.763. The van der Waals surface area contributed by atoms with Gasteiger partial charge in [0, 0.05) is 25.3 Å². The molecule has 1 heterocycles. The number of hydrogen-bond acceptors (Lipinski definition) is 2. The second kappa shape index (κ2) is 9.11. The molecule has 0 spiro atoms. The Hall–Kier alpha value is -0.960. The molecular formula is C13H20ClNO2. The highest BCUT2D eigenvalue weighted by Gasteiger charge is 2.02. The van der Waals surface area contributed by atoms with Crippen LogP contribution < -0.4 is 5.32 Å². The molecule has 1 aromatic heterocycles. The van der Waals surface area contributed by atoms with E-state index < -0.39 is 0 Å². The average molecular weight is 258 g/mol. The Morgan fingerprint density at radius 2 is 2.12 bits per heavy atom. The minimum Gasteiger partial charge on any atom is -0.469 e. The van der Waals surface area contributed by atoms with Gasteiger partial charge in [0.05, 0.1) is 6.26 Å². The number of nitrogens with one attached hydrogen (secondary N) is 1. The molecule has 17 heavy (non-hydrogen) atoms. The summed E-state index contributed by atoms with van der Waals surface area (Å²) in [5, 5.41) is 2.91. The van der Waals surface area contributed by atoms with E-state index in [0.717, 1.165) is 43.9 Å². The lowest BCUT2D eigenvalue weighted by Crippen LogP contribution is -2.24. The van der Waals surface area contributed by atoms with Gasteiger partial charge in [-0.05, 0) is 25.0 Å². The van der Waals surface area contributed by atoms with Gasteiger partial charge in [-0.1, -0.05) is 12.8 Å². The van der Waals surface area contributed by atoms with Crippen LogP contribution in [-0.4, -0.2) is 18.3 Å². The number of carbonyl (C=O) groups excluding carboxylic acids is 1. The van der Waals surface area contributed by atoms with Crippen molar-refractivity contribution >= 4 is 17.5 Å². The molecule has 1 N–H and O–H groups in total. The van der Waals surface area contributed by atoms with Gasteiger partial charge in [-0.25, -0.2) is 0 Å². The molecule has 0 bridgehead atoms. The zero-order chi connectivity index (χ0) is 12.3. The standard InChI is InChI=1S/C13H20ClNO2/c14-9-3-1-2-4-10-15-13(16)8-7-12-6-5-11-17-12/h5-6,11H,1-4,7-10H2,(H,15,16). The second-order valence-corrected chi connectivity index (χ2v) is 4.41. The van der Waals surface area contributed by atoms with Crippen molar-refractivity contribution in [3.8, 4) is 0 Å². The Morgan fingerprint density at radius 1 is 1.29 bits per heavy atom. The Morgan fingerprint density at radius 3 is 2.82 bits per heavy atom. The van der Waals surface area contributed by atoms with E-state index in [9.17, 15) is 4.79 Å². The number of hydrogen-bond donors (Lipinski definition) is 1. The van der Waals surface area contributed by atoms with Crippen LogP contribution in [0.2, 0.25) is 0 Å². The van der Waals surface area contributed by atoms with Crippen molar-refractivity contribution in [1.82, 2.24) is 5.32 Å². The van der Waals surface area contributed by atoms with Crippen molar-refractivity contribution in [2.75, 3.05) is 12.4 Å². The number of amides is 1. The van der Waals surface area contributed by atoms with Crippen LogP contribution >= 0.6 is 11.6 Å². The van der Waals surface area contributed by atoms with Gasteiger partial charge in [0.25, 0.3) is 0 Å². The predicted molar refractivity (Wildman–Crippen MR) is 69.2 cm³/mol. The van der Waals surface area contributed by atoms with E-state index >= 15 is 0 Å². The van der Waals surface area contributed by atoms with Crippen molar-refractivity contribution in [3.63, 3.8) is 0 Å². The third-order valence-corrected chi connectivity index (χ3v) is 2.83. The van der Waals surface area contributed by atoms with Crippen LogP contribution in [0.1, 0.15) is 37.9 Å². The molecule has 0 saturated carbocycles. The van der Waals surface area contributed by atoms with E-state index in [-0.39, 0.29) is 5.91 Å². The Balaban J connectivity index is 1.94. The number of aryl methyl sites for hydroxylation is 1. The summed E-state index contributed by atoms with van der Waals surface area (Å²) in [5.74, 6) is 1.69. The molecule has 0 aliphatic rings. The molecule has 1 aromatic rings. The fourth-order valence-corrected chi connectivity index (χ4v) is 1.77. The van der Waals surface area contributed by atoms with Crippen molar-refractivity contribution in [1.29, 1.82) is 0 Å². The maximum Gasteiger partial charge on any atom is 0.220 e. The lowest BCUT2D eigenvalue weighted by atomic mass is 10.2. The summed E-state index contributed by atoms with van der Waals surface area (Å²) >= 11 is 5.58. The van der Waals surface area contributed by atoms with Crippen LogP contribution in [0.4, 0.5) is 0 Å². The van der Waals surface area contributed by atoms with Crippen LogP contribution in [0.5, 0.6) is 0 Å². The molecule has 4 heteroatoms. The van der Waals surface area contributed by atoms with E-state index in [0.29, 0.717) is 12.8 Å². The highest BCUT2D eigenvalue weighted by molar-refractivity contribution is 6.17. The molecule has 1 rings (SSSR count). The largest absolute Gasteiger partial charge is 0.469 e. The molecular weight excluding hydrogens is 238 g/mol. The Labute approximate surface area is 108 Å². The van der Waals surface area contributed by atoms with Gasteiger partial charge in [0.1, 0.15) is 5.76 Å². The zero-order valence-corrected chi connectivity index (χ0v) is 10.8. The third-order valence-electron chi connectivity index (χ3n) is 2.56. The normalized spacial score (nSPS) is 10.4. The van der Waals surface area contributed by atoms with E-state index in [1.54, 1.807) is 6.26 Å². The highest BCUT2D eigenvalue weighted by atomic mass is 35.5. The lowest BCUT2D eigenvalue weighted by molar-refractivity contribution is -0.121. The fourth-order valence-electron chi connectivity index (χ4n) is 1.58. The van der Waals surface area contributed by atoms with E-state index in [2.05, 4.69) is 5.32 Å². The minimum atomic E-state index is 0.0961. The summed E-state index contributed by atoms with van der Waals surface area (Å²) in [5.41, 5.74) is 0. The van der Waals surface area contributed by atoms with Gasteiger partial charge < -0.3 is 9.73 Å². The molecule has 0 aromatic carbocycles. The monoisotopic (exact) mass is 257 g/mol. The van der Waals surface area contributed by atoms with Gasteiger partial charge in [-0.15, -0.1) is 11.6 Å². The number of halogens is 1. The van der Waals surface area contributed by atoms with Gasteiger partial charge in [-0.3, -0.25) is 4.79 Å². The first-order chi connectivity index (χ1) is 8.33. The molecule has 0 aliphatic heterocycles. The minimum absolute atomic E-state index is 0.0961. The molecule has 0 fully saturated rings. The predicted octanol–water partition coefficient (Wildman–Crippen LogP) is 3.13. The van der Waals surface area contributed by atoms with Crippen molar-refractivity contribution in [3.05, 3.63) is 24.2 Å². The fraction of sp³-hybridized carbons (Fsp3) is 0.615. The molecule has 3 nitrogen and oxygen atoms in total. The maximum atomic E-state index is 11.5. The number of carbonyl (C=O) groups is 1. The second-order valence-electron chi connectivity index (χ2n) is 4.03. The van der Waals surface area contributed by atoms with Crippen LogP contribution in [0.25, 0.3) is 0 Å². The smallest absolute Gasteiger partial charge is 0.220 e. The summed E-state index contributed by atoms with van der Waals surface area (Å²) in [6.07, 6.45) is 7.17. The Bertz CT molecular complexity index is 298. The van der Waals surface area contributed by atoms with Crippen molar-refractivity contribution in [2.24, 2.45) is 0 Å². The topological polar surface area (TPSA) is 42.2 Å². The highest BCUT2D eigenvalue weighted by Crippen LogP contribution is 2.03. The third kappa shape index (κ3) is 7.05. The summed E-state index contributed by atoms with van der Waals surface area (Å²) in [6, 6.07) is 3.73. The zero-order valence-electron chi connectivity index (χ0n) is 10.1. The molecule has 0 radical (unpaired) electrons. The van der Waals surface area contributed by atoms with Gasteiger partial charge >= 0.3 is 0 Å². The first-order valence-electron chi connectivity index (χ1n) is 6.18. The molecule has 0 atom stereocenters. The quantitative estimate of drug-likeness (QED) is 0.546. The maximum absolute atomic E-state index is 11.5. The molecule has 96 valence electrons. The summed E-state index contributed by atoms with van der Waals surface area (Å²) in [4.78, 5) is 11.5. The molecule has 0 aliphatic carbocycles. The molecule has 0 saturated heterocycles. The van der Waals surface area contributed by atoms with E-state index in [1.165, 1.54) is 0 Å². The molecule has 0 unspecified atom stereocenters. The average Bonchev–Trinajstić information content (AvgIpc) is 2.84. The number of alkyl halides is 1. The lowest BCUT2D eigenvalue weighted by Gasteiger charge is -2.04. The SMILES string of the molecule is O=C(CCc1ccco1)NCCCCCCCl. The Kier molecular flexibility index (Phi) is 7.56. The van der Waals surface area contributed by atoms with E-state index in [4.69, 9.17) is 16.0 Å². The van der Waals surface area contributed by atoms with Crippen LogP contribution in [0.3, 0.4) is 0 Å². The van der Waals surface area contributed by atoms with Crippen LogP contribution in [0, 0.1) is 0 Å². The number of unbranched alkanes of at least 4 members (excludes halogenated alkanes) is 3. The van der Waals surface area contributed by atoms with Crippen LogP contribution in [0.15, 0.2) is 22.8 Å². The van der Waals surface area contributed by atoms with Gasteiger partial charge in [0.2, 0.25) is 5.91 Å². The van der Waals surface area contributed by atoms with E-state index in [1.807, 2.05) is 12.1 Å². The van der Waals surface area contributed by atoms with Gasteiger partial charge in [0.15, 0.2) is 0 Å². The molecule has 1 amide bonds. The number of furan rings is 1. The first-order valence-corrected chi connectivity index (χ1v) is 6.71. The summed E-state index contributed by atoms with van der Waals surface area (Å²) in [7, 11) is 0.